The van der Waals surface area contributed by atoms with E-state index in [1.807, 2.05) is 0 Å². The second-order valence-corrected chi connectivity index (χ2v) is 17.9. The van der Waals surface area contributed by atoms with Gasteiger partial charge < -0.3 is 0 Å². The molecule has 1 atom stereocenters. The van der Waals surface area contributed by atoms with Crippen molar-refractivity contribution in [3.8, 4) is 0 Å². The number of Topliss-reactive ketones (excluding diaryl/α,β-unsaturated/α-hetero) is 1. The van der Waals surface area contributed by atoms with Crippen LogP contribution in [0.2, 0.25) is 0 Å². The van der Waals surface area contributed by atoms with Crippen molar-refractivity contribution in [2.24, 2.45) is 5.92 Å². The monoisotopic (exact) mass is 574 g/mol. The average Bonchev–Trinajstić information content (AvgIpc) is 3.53. The zero-order valence-corrected chi connectivity index (χ0v) is 25.5. The maximum atomic E-state index is 13.4. The molecule has 0 heterocycles. The number of carbonyl (C=O) groups excluding carboxylic acids is 1. The summed E-state index contributed by atoms with van der Waals surface area (Å²) in [4.78, 5) is 13.4. The fraction of sp³-hybridized carbons (Fsp3) is 0.250. The van der Waals surface area contributed by atoms with Crippen molar-refractivity contribution in [3.05, 3.63) is 130 Å². The van der Waals surface area contributed by atoms with Crippen LogP contribution in [0.15, 0.2) is 96.6 Å². The Hall–Kier alpha value is -3.37. The van der Waals surface area contributed by atoms with Crippen molar-refractivity contribution in [3.63, 3.8) is 0 Å². The molecule has 0 saturated carbocycles. The molecule has 2 nitrogen and oxygen atoms in total. The standard InChI is InChI=1S/C36H36GeO2/c1-5-26-22-31-25(4)34-32(24(3)33(31)35(26)38)23-27(6-2)36(34)39-37(28-16-10-7-11-17-28,29-18-12-8-13-19-29)30-20-14-9-15-21-30/h7-21,26H,5-6,22-23H2,1-4H3. The van der Waals surface area contributed by atoms with Crippen LogP contribution < -0.4 is 13.2 Å². The summed E-state index contributed by atoms with van der Waals surface area (Å²) in [5.41, 5.74) is 8.57. The molecule has 39 heavy (non-hydrogen) atoms. The molecular weight excluding hydrogens is 537 g/mol. The van der Waals surface area contributed by atoms with Gasteiger partial charge in [0.1, 0.15) is 0 Å². The molecule has 0 aromatic heterocycles. The zero-order valence-electron chi connectivity index (χ0n) is 23.4. The molecule has 1 unspecified atom stereocenters. The maximum absolute atomic E-state index is 13.4. The van der Waals surface area contributed by atoms with Gasteiger partial charge in [0.25, 0.3) is 0 Å². The molecule has 0 bridgehead atoms. The molecular formula is C36H36GeO2. The fourth-order valence-corrected chi connectivity index (χ4v) is 15.0. The summed E-state index contributed by atoms with van der Waals surface area (Å²) in [6, 6.07) is 32.7. The second kappa shape index (κ2) is 10.3. The van der Waals surface area contributed by atoms with E-state index >= 15 is 0 Å². The van der Waals surface area contributed by atoms with Crippen LogP contribution in [-0.4, -0.2) is 19.4 Å². The van der Waals surface area contributed by atoms with E-state index in [1.54, 1.807) is 0 Å². The molecule has 6 rings (SSSR count). The van der Waals surface area contributed by atoms with Crippen molar-refractivity contribution < 1.29 is 8.56 Å². The molecule has 0 fully saturated rings. The van der Waals surface area contributed by atoms with Gasteiger partial charge in [-0.25, -0.2) is 0 Å². The Morgan fingerprint density at radius 1 is 0.718 bits per heavy atom. The Balaban J connectivity index is 1.62. The molecule has 196 valence electrons. The van der Waals surface area contributed by atoms with Gasteiger partial charge >= 0.3 is 236 Å². The SMILES string of the molecule is CCC1=C([O][Ge]([c]2ccccc2)([c]2ccccc2)[c]2ccccc2)c2c(C)c3c(c(C)c2C1)C(=O)C(CC)C3. The van der Waals surface area contributed by atoms with Crippen LogP contribution in [0.3, 0.4) is 0 Å². The number of allylic oxidation sites excluding steroid dienone is 1. The number of hydrogen-bond donors (Lipinski definition) is 0. The molecule has 4 aromatic carbocycles. The number of ketones is 1. The van der Waals surface area contributed by atoms with Crippen LogP contribution in [0.25, 0.3) is 5.76 Å². The van der Waals surface area contributed by atoms with Crippen molar-refractivity contribution in [1.82, 2.24) is 0 Å². The van der Waals surface area contributed by atoms with Crippen LogP contribution >= 0.6 is 0 Å². The third-order valence-corrected chi connectivity index (χ3v) is 17.3. The van der Waals surface area contributed by atoms with Crippen molar-refractivity contribution >= 4 is 38.3 Å². The zero-order chi connectivity index (χ0) is 27.1. The third-order valence-electron chi connectivity index (χ3n) is 8.98. The molecule has 3 heteroatoms. The molecule has 0 spiro atoms. The van der Waals surface area contributed by atoms with E-state index < -0.39 is 13.6 Å². The van der Waals surface area contributed by atoms with E-state index in [0.717, 1.165) is 37.0 Å². The predicted molar refractivity (Wildman–Crippen MR) is 164 cm³/mol. The Labute approximate surface area is 235 Å². The summed E-state index contributed by atoms with van der Waals surface area (Å²) in [6.45, 7) is 8.78. The van der Waals surface area contributed by atoms with Gasteiger partial charge in [-0.2, -0.15) is 0 Å². The Bertz CT molecular complexity index is 1470. The number of rotatable bonds is 7. The molecule has 0 aliphatic heterocycles. The van der Waals surface area contributed by atoms with Gasteiger partial charge in [0.05, 0.1) is 0 Å². The Morgan fingerprint density at radius 3 is 1.67 bits per heavy atom. The summed E-state index contributed by atoms with van der Waals surface area (Å²) < 4.78 is 11.6. The van der Waals surface area contributed by atoms with Crippen LogP contribution in [0.5, 0.6) is 0 Å². The molecule has 2 aliphatic rings. The first kappa shape index (κ1) is 25.9. The predicted octanol–water partition coefficient (Wildman–Crippen LogP) is 6.43. The van der Waals surface area contributed by atoms with Gasteiger partial charge in [0.2, 0.25) is 0 Å². The normalized spacial score (nSPS) is 16.4. The van der Waals surface area contributed by atoms with Gasteiger partial charge in [-0.3, -0.25) is 0 Å². The molecule has 0 amide bonds. The third kappa shape index (κ3) is 4.03. The molecule has 4 aromatic rings. The summed E-state index contributed by atoms with van der Waals surface area (Å²) in [5.74, 6) is 1.52. The van der Waals surface area contributed by atoms with Gasteiger partial charge in [0, 0.05) is 0 Å². The summed E-state index contributed by atoms with van der Waals surface area (Å²) in [6.07, 6.45) is 3.53. The molecule has 0 saturated heterocycles. The quantitative estimate of drug-likeness (QED) is 0.239. The minimum atomic E-state index is -3.68. The first-order chi connectivity index (χ1) is 19.0. The average molecular weight is 573 g/mol. The topological polar surface area (TPSA) is 26.3 Å². The molecule has 0 radical (unpaired) electrons. The van der Waals surface area contributed by atoms with Gasteiger partial charge in [-0.1, -0.05) is 0 Å². The molecule has 2 aliphatic carbocycles. The van der Waals surface area contributed by atoms with Crippen LogP contribution in [0.4, 0.5) is 0 Å². The van der Waals surface area contributed by atoms with E-state index in [1.165, 1.54) is 46.6 Å². The number of hydrogen-bond acceptors (Lipinski definition) is 2. The van der Waals surface area contributed by atoms with Gasteiger partial charge in [-0.15, -0.1) is 0 Å². The summed E-state index contributed by atoms with van der Waals surface area (Å²) >= 11 is -3.68. The van der Waals surface area contributed by atoms with Crippen molar-refractivity contribution in [2.45, 2.75) is 53.4 Å². The Kier molecular flexibility index (Phi) is 6.85. The van der Waals surface area contributed by atoms with Crippen LogP contribution in [-0.2, 0) is 16.6 Å². The Morgan fingerprint density at radius 2 is 1.21 bits per heavy atom. The first-order valence-corrected chi connectivity index (χ1v) is 18.3. The van der Waals surface area contributed by atoms with Crippen LogP contribution in [0, 0.1) is 19.8 Å². The van der Waals surface area contributed by atoms with Crippen molar-refractivity contribution in [2.75, 3.05) is 0 Å². The summed E-state index contributed by atoms with van der Waals surface area (Å²) in [5, 5.41) is 0. The van der Waals surface area contributed by atoms with E-state index in [9.17, 15) is 4.79 Å². The summed E-state index contributed by atoms with van der Waals surface area (Å²) in [7, 11) is 0. The van der Waals surface area contributed by atoms with E-state index in [4.69, 9.17) is 3.76 Å². The minimum absolute atomic E-state index is 0.105. The van der Waals surface area contributed by atoms with E-state index in [0.29, 0.717) is 5.78 Å². The van der Waals surface area contributed by atoms with Crippen molar-refractivity contribution in [1.29, 1.82) is 0 Å². The van der Waals surface area contributed by atoms with Gasteiger partial charge in [-0.05, 0) is 0 Å². The number of fused-ring (bicyclic) bond motifs is 2. The second-order valence-electron chi connectivity index (χ2n) is 11.0. The van der Waals surface area contributed by atoms with E-state index in [-0.39, 0.29) is 5.92 Å². The number of carbonyl (C=O) groups is 1. The fourth-order valence-electron chi connectivity index (χ4n) is 6.85. The molecule has 0 N–H and O–H groups in total. The van der Waals surface area contributed by atoms with Gasteiger partial charge in [0.15, 0.2) is 0 Å². The number of benzene rings is 4. The first-order valence-electron chi connectivity index (χ1n) is 14.3. The van der Waals surface area contributed by atoms with Crippen LogP contribution in [0.1, 0.15) is 64.9 Å². The van der Waals surface area contributed by atoms with E-state index in [2.05, 4.69) is 119 Å².